The van der Waals surface area contributed by atoms with Gasteiger partial charge in [-0.3, -0.25) is 0 Å². The highest BCUT2D eigenvalue weighted by Crippen LogP contribution is 2.53. The second-order valence-corrected chi connectivity index (χ2v) is 12.9. The molecule has 1 aliphatic rings. The van der Waals surface area contributed by atoms with Crippen LogP contribution in [0.15, 0.2) is 164 Å². The zero-order chi connectivity index (χ0) is 30.6. The minimum Gasteiger partial charge on any atom is -0.309 e. The fourth-order valence-electron chi connectivity index (χ4n) is 8.42. The molecule has 0 fully saturated rings. The van der Waals surface area contributed by atoms with Gasteiger partial charge in [0.05, 0.1) is 11.2 Å². The quantitative estimate of drug-likeness (QED) is 0.176. The lowest BCUT2D eigenvalue weighted by Crippen LogP contribution is -1.96. The van der Waals surface area contributed by atoms with Crippen LogP contribution < -0.4 is 0 Å². The molecule has 10 aromatic rings. The first-order valence-corrected chi connectivity index (χ1v) is 16.4. The number of fused-ring (bicyclic) bond motifs is 12. The van der Waals surface area contributed by atoms with Crippen molar-refractivity contribution in [3.8, 4) is 39.2 Å². The summed E-state index contributed by atoms with van der Waals surface area (Å²) in [6.45, 7) is 0. The number of hydrogen-bond donors (Lipinski definition) is 0. The van der Waals surface area contributed by atoms with Gasteiger partial charge in [0.2, 0.25) is 0 Å². The minimum absolute atomic E-state index is 1.19. The molecule has 0 spiro atoms. The van der Waals surface area contributed by atoms with E-state index in [1.54, 1.807) is 0 Å². The monoisotopic (exact) mass is 593 g/mol. The summed E-state index contributed by atoms with van der Waals surface area (Å²) in [6.07, 6.45) is 0. The summed E-state index contributed by atoms with van der Waals surface area (Å²) in [5.41, 5.74) is 10.1. The van der Waals surface area contributed by atoms with E-state index in [0.29, 0.717) is 0 Å². The van der Waals surface area contributed by atoms with E-state index in [0.717, 1.165) is 0 Å². The predicted octanol–water partition coefficient (Wildman–Crippen LogP) is 12.7. The van der Waals surface area contributed by atoms with Gasteiger partial charge in [0, 0.05) is 22.2 Å². The standard InChI is InChI=1S/C46H27N/c1-2-10-30-25-33(22-19-28(30)9-1)47-43-24-21-32(27-42(43)45-39-17-7-11-29-12-8-18-40(44(29)39)46(45)47)31-20-23-38-36-15-4-3-13-34(36)35-14-5-6-16-37(35)41(38)26-31/h1-27H. The van der Waals surface area contributed by atoms with Crippen LogP contribution in [-0.2, 0) is 0 Å². The first-order chi connectivity index (χ1) is 23.3. The lowest BCUT2D eigenvalue weighted by atomic mass is 9.91. The van der Waals surface area contributed by atoms with E-state index in [1.165, 1.54) is 104 Å². The van der Waals surface area contributed by atoms with Gasteiger partial charge >= 0.3 is 0 Å². The number of nitrogens with zero attached hydrogens (tertiary/aromatic N) is 1. The Bertz CT molecular complexity index is 2920. The highest BCUT2D eigenvalue weighted by Gasteiger charge is 2.29. The van der Waals surface area contributed by atoms with E-state index in [1.807, 2.05) is 0 Å². The predicted molar refractivity (Wildman–Crippen MR) is 201 cm³/mol. The van der Waals surface area contributed by atoms with Gasteiger partial charge < -0.3 is 4.57 Å². The molecular formula is C46H27N. The van der Waals surface area contributed by atoms with Gasteiger partial charge in [0.25, 0.3) is 0 Å². The summed E-state index contributed by atoms with van der Waals surface area (Å²) < 4.78 is 2.50. The Morgan fingerprint density at radius 3 is 1.66 bits per heavy atom. The summed E-state index contributed by atoms with van der Waals surface area (Å²) >= 11 is 0. The zero-order valence-electron chi connectivity index (χ0n) is 25.5. The fourth-order valence-corrected chi connectivity index (χ4v) is 8.42. The van der Waals surface area contributed by atoms with Crippen LogP contribution in [0.2, 0.25) is 0 Å². The maximum absolute atomic E-state index is 2.50. The van der Waals surface area contributed by atoms with Crippen LogP contribution in [0.3, 0.4) is 0 Å². The molecule has 9 aromatic carbocycles. The molecule has 1 nitrogen and oxygen atoms in total. The maximum atomic E-state index is 2.50. The first kappa shape index (κ1) is 25.1. The van der Waals surface area contributed by atoms with Crippen LogP contribution >= 0.6 is 0 Å². The maximum Gasteiger partial charge on any atom is 0.0626 e. The molecule has 1 heterocycles. The van der Waals surface area contributed by atoms with Crippen molar-refractivity contribution >= 4 is 64.8 Å². The summed E-state index contributed by atoms with van der Waals surface area (Å²) in [7, 11) is 0. The molecule has 11 rings (SSSR count). The molecule has 1 aliphatic carbocycles. The van der Waals surface area contributed by atoms with E-state index < -0.39 is 0 Å². The van der Waals surface area contributed by atoms with Gasteiger partial charge in [0.1, 0.15) is 0 Å². The fraction of sp³-hybridized carbons (Fsp3) is 0. The smallest absolute Gasteiger partial charge is 0.0626 e. The lowest BCUT2D eigenvalue weighted by molar-refractivity contribution is 1.15. The largest absolute Gasteiger partial charge is 0.309 e. The SMILES string of the molecule is c1ccc2cc(-n3c4c(c5cc(-c6ccc7c8ccccc8c8ccccc8c7c6)ccc53)-c3cccc5cccc-4c35)ccc2c1. The molecule has 1 heteroatoms. The highest BCUT2D eigenvalue weighted by atomic mass is 15.0. The summed E-state index contributed by atoms with van der Waals surface area (Å²) in [5.74, 6) is 0. The van der Waals surface area contributed by atoms with Crippen molar-refractivity contribution in [3.05, 3.63) is 164 Å². The Kier molecular flexibility index (Phi) is 4.90. The third kappa shape index (κ3) is 3.38. The van der Waals surface area contributed by atoms with Crippen molar-refractivity contribution in [1.82, 2.24) is 4.57 Å². The molecule has 1 aromatic heterocycles. The van der Waals surface area contributed by atoms with Crippen molar-refractivity contribution in [1.29, 1.82) is 0 Å². The Hall–Kier alpha value is -6.18. The van der Waals surface area contributed by atoms with Gasteiger partial charge in [-0.15, -0.1) is 0 Å². The average Bonchev–Trinajstić information content (AvgIpc) is 3.65. The van der Waals surface area contributed by atoms with Crippen molar-refractivity contribution < 1.29 is 0 Å². The first-order valence-electron chi connectivity index (χ1n) is 16.4. The van der Waals surface area contributed by atoms with Crippen molar-refractivity contribution in [3.63, 3.8) is 0 Å². The Morgan fingerprint density at radius 1 is 0.340 bits per heavy atom. The molecule has 0 atom stereocenters. The highest BCUT2D eigenvalue weighted by molar-refractivity contribution is 6.26. The molecule has 0 bridgehead atoms. The molecule has 0 saturated heterocycles. The molecule has 0 saturated carbocycles. The molecule has 0 amide bonds. The zero-order valence-corrected chi connectivity index (χ0v) is 25.5. The van der Waals surface area contributed by atoms with Crippen LogP contribution in [0.5, 0.6) is 0 Å². The van der Waals surface area contributed by atoms with Gasteiger partial charge in [-0.2, -0.15) is 0 Å². The summed E-state index contributed by atoms with van der Waals surface area (Å²) in [4.78, 5) is 0. The molecule has 0 N–H and O–H groups in total. The molecule has 0 radical (unpaired) electrons. The van der Waals surface area contributed by atoms with E-state index >= 15 is 0 Å². The molecule has 47 heavy (non-hydrogen) atoms. The third-order valence-electron chi connectivity index (χ3n) is 10.5. The number of rotatable bonds is 2. The van der Waals surface area contributed by atoms with E-state index in [9.17, 15) is 0 Å². The number of aromatic nitrogens is 1. The molecular weight excluding hydrogens is 567 g/mol. The second kappa shape index (κ2) is 9.19. The van der Waals surface area contributed by atoms with E-state index in [-0.39, 0.29) is 0 Å². The van der Waals surface area contributed by atoms with Gasteiger partial charge in [-0.05, 0) is 101 Å². The lowest BCUT2D eigenvalue weighted by Gasteiger charge is -2.14. The number of hydrogen-bond acceptors (Lipinski definition) is 0. The average molecular weight is 594 g/mol. The molecule has 0 aliphatic heterocycles. The van der Waals surface area contributed by atoms with Crippen molar-refractivity contribution in [2.45, 2.75) is 0 Å². The minimum atomic E-state index is 1.19. The van der Waals surface area contributed by atoms with E-state index in [4.69, 9.17) is 0 Å². The van der Waals surface area contributed by atoms with Gasteiger partial charge in [-0.25, -0.2) is 0 Å². The van der Waals surface area contributed by atoms with Crippen LogP contribution in [-0.4, -0.2) is 4.57 Å². The summed E-state index contributed by atoms with van der Waals surface area (Å²) in [6, 6.07) is 60.8. The Labute approximate surface area is 271 Å². The van der Waals surface area contributed by atoms with Gasteiger partial charge in [0.15, 0.2) is 0 Å². The van der Waals surface area contributed by atoms with Crippen LogP contribution in [0.4, 0.5) is 0 Å². The van der Waals surface area contributed by atoms with Crippen LogP contribution in [0, 0.1) is 0 Å². The Balaban J connectivity index is 1.21. The molecule has 216 valence electrons. The van der Waals surface area contributed by atoms with Crippen molar-refractivity contribution in [2.24, 2.45) is 0 Å². The van der Waals surface area contributed by atoms with Gasteiger partial charge in [-0.1, -0.05) is 133 Å². The summed E-state index contributed by atoms with van der Waals surface area (Å²) in [5, 5.41) is 14.3. The Morgan fingerprint density at radius 2 is 0.915 bits per heavy atom. The second-order valence-electron chi connectivity index (χ2n) is 12.9. The normalized spacial score (nSPS) is 12.3. The van der Waals surface area contributed by atoms with Crippen molar-refractivity contribution in [2.75, 3.05) is 0 Å². The van der Waals surface area contributed by atoms with E-state index in [2.05, 4.69) is 168 Å². The molecule has 0 unspecified atom stereocenters. The number of benzene rings is 9. The van der Waals surface area contributed by atoms with Crippen LogP contribution in [0.25, 0.3) is 104 Å². The van der Waals surface area contributed by atoms with Crippen LogP contribution in [0.1, 0.15) is 0 Å². The third-order valence-corrected chi connectivity index (χ3v) is 10.5. The topological polar surface area (TPSA) is 4.93 Å².